The van der Waals surface area contributed by atoms with Crippen molar-refractivity contribution in [2.24, 2.45) is 0 Å². The van der Waals surface area contributed by atoms with Crippen LogP contribution in [-0.2, 0) is 4.74 Å². The molecule has 1 saturated heterocycles. The first-order valence-electron chi connectivity index (χ1n) is 6.66. The van der Waals surface area contributed by atoms with Crippen LogP contribution in [-0.4, -0.2) is 55.3 Å². The number of rotatable bonds is 5. The number of aromatic nitrogens is 1. The zero-order valence-electron chi connectivity index (χ0n) is 11.6. The summed E-state index contributed by atoms with van der Waals surface area (Å²) in [5, 5.41) is 1.17. The normalized spacial score (nSPS) is 17.7. The Labute approximate surface area is 114 Å². The van der Waals surface area contributed by atoms with Crippen LogP contribution >= 0.6 is 11.3 Å². The molecule has 1 fully saturated rings. The summed E-state index contributed by atoms with van der Waals surface area (Å²) in [7, 11) is 0. The molecule has 5 heteroatoms. The van der Waals surface area contributed by atoms with Gasteiger partial charge < -0.3 is 9.64 Å². The van der Waals surface area contributed by atoms with Gasteiger partial charge in [0.1, 0.15) is 0 Å². The lowest BCUT2D eigenvalue weighted by molar-refractivity contribution is 0.0579. The van der Waals surface area contributed by atoms with Crippen molar-refractivity contribution in [2.75, 3.05) is 44.2 Å². The molecule has 0 radical (unpaired) electrons. The largest absolute Gasteiger partial charge is 0.377 e. The van der Waals surface area contributed by atoms with Crippen LogP contribution < -0.4 is 4.90 Å². The maximum absolute atomic E-state index is 5.59. The third-order valence-corrected chi connectivity index (χ3v) is 4.08. The lowest BCUT2D eigenvalue weighted by atomic mass is 10.3. The lowest BCUT2D eigenvalue weighted by Crippen LogP contribution is -2.47. The highest BCUT2D eigenvalue weighted by Crippen LogP contribution is 2.22. The fraction of sp³-hybridized carbons (Fsp3) is 0.769. The molecule has 1 aliphatic rings. The number of nitrogens with zero attached hydrogens (tertiary/aromatic N) is 3. The van der Waals surface area contributed by atoms with Gasteiger partial charge in [-0.15, -0.1) is 11.3 Å². The summed E-state index contributed by atoms with van der Waals surface area (Å²) in [4.78, 5) is 10.6. The molecule has 1 aromatic heterocycles. The summed E-state index contributed by atoms with van der Waals surface area (Å²) in [5.41, 5.74) is 0. The molecule has 2 heterocycles. The van der Waals surface area contributed by atoms with Gasteiger partial charge in [0.2, 0.25) is 0 Å². The Morgan fingerprint density at radius 3 is 2.61 bits per heavy atom. The molecule has 0 aliphatic carbocycles. The average molecular weight is 269 g/mol. The Morgan fingerprint density at radius 1 is 1.33 bits per heavy atom. The van der Waals surface area contributed by atoms with E-state index in [-0.39, 0.29) is 0 Å². The van der Waals surface area contributed by atoms with Gasteiger partial charge in [-0.2, -0.15) is 0 Å². The summed E-state index contributed by atoms with van der Waals surface area (Å²) in [6.45, 7) is 12.5. The second-order valence-electron chi connectivity index (χ2n) is 5.00. The molecular weight excluding hydrogens is 246 g/mol. The van der Waals surface area contributed by atoms with Crippen LogP contribution in [0.3, 0.4) is 0 Å². The van der Waals surface area contributed by atoms with Gasteiger partial charge in [0, 0.05) is 43.8 Å². The van der Waals surface area contributed by atoms with E-state index in [0.29, 0.717) is 6.10 Å². The molecule has 0 bridgehead atoms. The molecule has 0 aromatic carbocycles. The first kappa shape index (κ1) is 13.8. The van der Waals surface area contributed by atoms with Gasteiger partial charge in [-0.1, -0.05) is 0 Å². The highest BCUT2D eigenvalue weighted by atomic mass is 32.1. The van der Waals surface area contributed by atoms with E-state index in [9.17, 15) is 0 Å². The summed E-state index contributed by atoms with van der Waals surface area (Å²) in [5.74, 6) is 0. The summed E-state index contributed by atoms with van der Waals surface area (Å²) in [6.07, 6.45) is 2.30. The molecule has 1 aliphatic heterocycles. The molecule has 0 atom stereocenters. The Morgan fingerprint density at radius 2 is 2.06 bits per heavy atom. The second-order valence-corrected chi connectivity index (χ2v) is 6.21. The Hall–Kier alpha value is -0.650. The third kappa shape index (κ3) is 3.93. The first-order valence-corrected chi connectivity index (χ1v) is 7.48. The Kier molecular flexibility index (Phi) is 4.97. The molecule has 0 amide bonds. The Bertz CT molecular complexity index is 359. The van der Waals surface area contributed by atoms with Crippen molar-refractivity contribution in [3.05, 3.63) is 11.1 Å². The van der Waals surface area contributed by atoms with Gasteiger partial charge in [0.25, 0.3) is 0 Å². The van der Waals surface area contributed by atoms with E-state index in [1.54, 1.807) is 11.3 Å². The molecule has 0 N–H and O–H groups in total. The SMILES string of the molecule is Cc1cnc(N2CCN(CCOC(C)C)CC2)s1. The zero-order valence-corrected chi connectivity index (χ0v) is 12.4. The highest BCUT2D eigenvalue weighted by molar-refractivity contribution is 7.15. The van der Waals surface area contributed by atoms with E-state index in [0.717, 1.165) is 39.3 Å². The second kappa shape index (κ2) is 6.50. The van der Waals surface area contributed by atoms with Crippen LogP contribution in [0.15, 0.2) is 6.20 Å². The van der Waals surface area contributed by atoms with E-state index in [2.05, 4.69) is 35.6 Å². The number of ether oxygens (including phenoxy) is 1. The number of aryl methyl sites for hydroxylation is 1. The fourth-order valence-corrected chi connectivity index (χ4v) is 2.88. The number of anilines is 1. The predicted molar refractivity (Wildman–Crippen MR) is 76.6 cm³/mol. The van der Waals surface area contributed by atoms with E-state index < -0.39 is 0 Å². The smallest absolute Gasteiger partial charge is 0.185 e. The van der Waals surface area contributed by atoms with Gasteiger partial charge in [0.15, 0.2) is 5.13 Å². The van der Waals surface area contributed by atoms with Crippen molar-refractivity contribution in [3.8, 4) is 0 Å². The van der Waals surface area contributed by atoms with Crippen LogP contribution in [0.4, 0.5) is 5.13 Å². The maximum atomic E-state index is 5.59. The van der Waals surface area contributed by atoms with Crippen LogP contribution in [0.2, 0.25) is 0 Å². The monoisotopic (exact) mass is 269 g/mol. The molecule has 4 nitrogen and oxygen atoms in total. The van der Waals surface area contributed by atoms with E-state index in [1.807, 2.05) is 6.20 Å². The molecule has 0 unspecified atom stereocenters. The lowest BCUT2D eigenvalue weighted by Gasteiger charge is -2.34. The molecular formula is C13H23N3OS. The van der Waals surface area contributed by atoms with Crippen LogP contribution in [0.1, 0.15) is 18.7 Å². The summed E-state index contributed by atoms with van der Waals surface area (Å²) >= 11 is 1.79. The quantitative estimate of drug-likeness (QED) is 0.817. The molecule has 0 saturated carbocycles. The minimum absolute atomic E-state index is 0.338. The van der Waals surface area contributed by atoms with Gasteiger partial charge in [-0.25, -0.2) is 4.98 Å². The summed E-state index contributed by atoms with van der Waals surface area (Å²) < 4.78 is 5.59. The maximum Gasteiger partial charge on any atom is 0.185 e. The number of hydrogen-bond donors (Lipinski definition) is 0. The number of hydrogen-bond acceptors (Lipinski definition) is 5. The van der Waals surface area contributed by atoms with Crippen molar-refractivity contribution in [1.82, 2.24) is 9.88 Å². The van der Waals surface area contributed by atoms with Gasteiger partial charge >= 0.3 is 0 Å². The van der Waals surface area contributed by atoms with Gasteiger partial charge in [0.05, 0.1) is 12.7 Å². The van der Waals surface area contributed by atoms with E-state index >= 15 is 0 Å². The fourth-order valence-electron chi connectivity index (χ4n) is 2.07. The molecule has 1 aromatic rings. The molecule has 102 valence electrons. The van der Waals surface area contributed by atoms with Crippen molar-refractivity contribution >= 4 is 16.5 Å². The average Bonchev–Trinajstić information content (AvgIpc) is 2.76. The number of thiazole rings is 1. The predicted octanol–water partition coefficient (Wildman–Crippen LogP) is 2.00. The van der Waals surface area contributed by atoms with Crippen molar-refractivity contribution in [1.29, 1.82) is 0 Å². The Balaban J connectivity index is 1.71. The zero-order chi connectivity index (χ0) is 13.0. The van der Waals surface area contributed by atoms with Crippen molar-refractivity contribution in [3.63, 3.8) is 0 Å². The molecule has 0 spiro atoms. The first-order chi connectivity index (χ1) is 8.65. The van der Waals surface area contributed by atoms with Crippen LogP contribution in [0.5, 0.6) is 0 Å². The highest BCUT2D eigenvalue weighted by Gasteiger charge is 2.18. The summed E-state index contributed by atoms with van der Waals surface area (Å²) in [6, 6.07) is 0. The standard InChI is InChI=1S/C13H23N3OS/c1-11(2)17-9-8-15-4-6-16(7-5-15)13-14-10-12(3)18-13/h10-11H,4-9H2,1-3H3. The van der Waals surface area contributed by atoms with E-state index in [4.69, 9.17) is 4.74 Å². The third-order valence-electron chi connectivity index (χ3n) is 3.11. The minimum atomic E-state index is 0.338. The van der Waals surface area contributed by atoms with Crippen LogP contribution in [0, 0.1) is 6.92 Å². The van der Waals surface area contributed by atoms with Crippen molar-refractivity contribution < 1.29 is 4.74 Å². The van der Waals surface area contributed by atoms with E-state index in [1.165, 1.54) is 10.0 Å². The topological polar surface area (TPSA) is 28.6 Å². The molecule has 18 heavy (non-hydrogen) atoms. The van der Waals surface area contributed by atoms with Crippen LogP contribution in [0.25, 0.3) is 0 Å². The molecule has 2 rings (SSSR count). The number of piperazine rings is 1. The van der Waals surface area contributed by atoms with Crippen molar-refractivity contribution in [2.45, 2.75) is 26.9 Å². The minimum Gasteiger partial charge on any atom is -0.377 e. The van der Waals surface area contributed by atoms with Gasteiger partial charge in [-0.05, 0) is 20.8 Å². The van der Waals surface area contributed by atoms with Gasteiger partial charge in [-0.3, -0.25) is 4.90 Å².